The number of phenolic OH excluding ortho intramolecular Hbond substituents is 1. The van der Waals surface area contributed by atoms with Crippen LogP contribution in [-0.2, 0) is 0 Å². The lowest BCUT2D eigenvalue weighted by Crippen LogP contribution is -2.01. The topological polar surface area (TPSA) is 53.3 Å². The average molecular weight is 227 g/mol. The van der Waals surface area contributed by atoms with Crippen LogP contribution in [0.2, 0.25) is 0 Å². The highest BCUT2D eigenvalue weighted by molar-refractivity contribution is 6.12. The van der Waals surface area contributed by atoms with Crippen molar-refractivity contribution >= 4 is 5.71 Å². The van der Waals surface area contributed by atoms with E-state index in [1.54, 1.807) is 12.1 Å². The fourth-order valence-corrected chi connectivity index (χ4v) is 1.61. The summed E-state index contributed by atoms with van der Waals surface area (Å²) in [5.74, 6) is 0.630. The third-order valence-corrected chi connectivity index (χ3v) is 2.54. The Bertz CT molecular complexity index is 535. The highest BCUT2D eigenvalue weighted by atomic mass is 16.5. The van der Waals surface area contributed by atoms with Crippen LogP contribution >= 0.6 is 0 Å². The molecule has 3 heteroatoms. The molecule has 2 aromatic carbocycles. The van der Waals surface area contributed by atoms with Crippen LogP contribution < -0.4 is 4.74 Å². The van der Waals surface area contributed by atoms with Gasteiger partial charge in [0, 0.05) is 17.2 Å². The zero-order chi connectivity index (χ0) is 12.3. The lowest BCUT2D eigenvalue weighted by Gasteiger charge is -2.08. The summed E-state index contributed by atoms with van der Waals surface area (Å²) < 4.78 is 5.00. The lowest BCUT2D eigenvalue weighted by atomic mass is 10.0. The first-order valence-corrected chi connectivity index (χ1v) is 5.23. The number of hydrogen-bond acceptors (Lipinski definition) is 3. The van der Waals surface area contributed by atoms with Gasteiger partial charge in [-0.2, -0.15) is 0 Å². The molecular weight excluding hydrogens is 214 g/mol. The molecule has 0 saturated heterocycles. The van der Waals surface area contributed by atoms with E-state index >= 15 is 0 Å². The maximum absolute atomic E-state index is 9.83. The monoisotopic (exact) mass is 227 g/mol. The van der Waals surface area contributed by atoms with E-state index in [9.17, 15) is 5.11 Å². The number of rotatable bonds is 3. The molecule has 17 heavy (non-hydrogen) atoms. The molecule has 0 aliphatic carbocycles. The van der Waals surface area contributed by atoms with Crippen molar-refractivity contribution in [3.8, 4) is 11.5 Å². The fraction of sp³-hybridized carbons (Fsp3) is 0.0714. The summed E-state index contributed by atoms with van der Waals surface area (Å²) in [5, 5.41) is 17.9. The third kappa shape index (κ3) is 2.28. The average Bonchev–Trinajstić information content (AvgIpc) is 2.39. The van der Waals surface area contributed by atoms with E-state index in [4.69, 9.17) is 10.1 Å². The summed E-state index contributed by atoms with van der Waals surface area (Å²) in [6.45, 7) is 0. The van der Waals surface area contributed by atoms with Gasteiger partial charge in [0.1, 0.15) is 11.5 Å². The molecule has 2 aromatic rings. The minimum absolute atomic E-state index is 0.0539. The molecule has 0 amide bonds. The van der Waals surface area contributed by atoms with E-state index < -0.39 is 0 Å². The van der Waals surface area contributed by atoms with E-state index in [0.717, 1.165) is 5.56 Å². The summed E-state index contributed by atoms with van der Waals surface area (Å²) in [6, 6.07) is 14.2. The largest absolute Gasteiger partial charge is 0.507 e. The minimum Gasteiger partial charge on any atom is -0.507 e. The van der Waals surface area contributed by atoms with Crippen molar-refractivity contribution < 1.29 is 9.84 Å². The van der Waals surface area contributed by atoms with Crippen LogP contribution in [0.4, 0.5) is 0 Å². The Morgan fingerprint density at radius 3 is 2.41 bits per heavy atom. The van der Waals surface area contributed by atoms with Crippen LogP contribution in [0.25, 0.3) is 0 Å². The number of aromatic hydroxyl groups is 1. The number of phenols is 1. The van der Waals surface area contributed by atoms with E-state index in [2.05, 4.69) is 0 Å². The van der Waals surface area contributed by atoms with Crippen LogP contribution in [-0.4, -0.2) is 17.9 Å². The van der Waals surface area contributed by atoms with Crippen molar-refractivity contribution in [1.82, 2.24) is 0 Å². The maximum Gasteiger partial charge on any atom is 0.128 e. The molecule has 0 radical (unpaired) electrons. The number of hydrogen-bond donors (Lipinski definition) is 2. The van der Waals surface area contributed by atoms with Crippen molar-refractivity contribution in [2.45, 2.75) is 0 Å². The zero-order valence-electron chi connectivity index (χ0n) is 9.47. The van der Waals surface area contributed by atoms with Crippen LogP contribution in [0.1, 0.15) is 11.1 Å². The second-order valence-electron chi connectivity index (χ2n) is 3.62. The van der Waals surface area contributed by atoms with E-state index in [1.807, 2.05) is 30.3 Å². The summed E-state index contributed by atoms with van der Waals surface area (Å²) >= 11 is 0. The molecule has 0 atom stereocenters. The Balaban J connectivity index is 2.38. The van der Waals surface area contributed by atoms with Crippen molar-refractivity contribution in [2.24, 2.45) is 0 Å². The van der Waals surface area contributed by atoms with Crippen LogP contribution in [0.5, 0.6) is 11.5 Å². The molecule has 0 spiro atoms. The number of benzene rings is 2. The first-order chi connectivity index (χ1) is 8.22. The zero-order valence-corrected chi connectivity index (χ0v) is 9.47. The van der Waals surface area contributed by atoms with Gasteiger partial charge in [0.05, 0.1) is 12.8 Å². The molecular formula is C14H13NO2. The van der Waals surface area contributed by atoms with Gasteiger partial charge in [0.2, 0.25) is 0 Å². The molecule has 2 rings (SSSR count). The second kappa shape index (κ2) is 4.70. The maximum atomic E-state index is 9.83. The summed E-state index contributed by atoms with van der Waals surface area (Å²) in [4.78, 5) is 0. The van der Waals surface area contributed by atoms with Gasteiger partial charge in [0.25, 0.3) is 0 Å². The van der Waals surface area contributed by atoms with Gasteiger partial charge in [-0.1, -0.05) is 30.3 Å². The Morgan fingerprint density at radius 1 is 1.12 bits per heavy atom. The third-order valence-electron chi connectivity index (χ3n) is 2.54. The van der Waals surface area contributed by atoms with E-state index in [1.165, 1.54) is 13.2 Å². The molecule has 86 valence electrons. The summed E-state index contributed by atoms with van der Waals surface area (Å²) in [5.41, 5.74) is 1.57. The summed E-state index contributed by atoms with van der Waals surface area (Å²) in [7, 11) is 1.54. The van der Waals surface area contributed by atoms with Crippen LogP contribution in [0.3, 0.4) is 0 Å². The first-order valence-electron chi connectivity index (χ1n) is 5.23. The molecule has 0 fully saturated rings. The highest BCUT2D eigenvalue weighted by Gasteiger charge is 2.10. The predicted octanol–water partition coefficient (Wildman–Crippen LogP) is 2.82. The molecule has 2 N–H and O–H groups in total. The van der Waals surface area contributed by atoms with E-state index in [-0.39, 0.29) is 5.75 Å². The SMILES string of the molecule is COc1ccc(C(=N)c2ccccc2)c(O)c1. The van der Waals surface area contributed by atoms with Crippen molar-refractivity contribution in [3.05, 3.63) is 59.7 Å². The smallest absolute Gasteiger partial charge is 0.128 e. The van der Waals surface area contributed by atoms with Gasteiger partial charge in [-0.3, -0.25) is 5.41 Å². The quantitative estimate of drug-likeness (QED) is 0.792. The number of methoxy groups -OCH3 is 1. The fourth-order valence-electron chi connectivity index (χ4n) is 1.61. The molecule has 0 bridgehead atoms. The summed E-state index contributed by atoms with van der Waals surface area (Å²) in [6.07, 6.45) is 0. The van der Waals surface area contributed by atoms with Gasteiger partial charge in [0.15, 0.2) is 0 Å². The molecule has 0 aromatic heterocycles. The van der Waals surface area contributed by atoms with Crippen LogP contribution in [0.15, 0.2) is 48.5 Å². The van der Waals surface area contributed by atoms with E-state index in [0.29, 0.717) is 17.0 Å². The second-order valence-corrected chi connectivity index (χ2v) is 3.62. The van der Waals surface area contributed by atoms with Gasteiger partial charge in [-0.05, 0) is 12.1 Å². The van der Waals surface area contributed by atoms with Crippen LogP contribution in [0, 0.1) is 5.41 Å². The molecule has 0 aliphatic heterocycles. The molecule has 0 unspecified atom stereocenters. The van der Waals surface area contributed by atoms with Gasteiger partial charge in [-0.25, -0.2) is 0 Å². The molecule has 3 nitrogen and oxygen atoms in total. The Hall–Kier alpha value is -2.29. The van der Waals surface area contributed by atoms with Gasteiger partial charge < -0.3 is 9.84 Å². The van der Waals surface area contributed by atoms with Gasteiger partial charge >= 0.3 is 0 Å². The molecule has 0 heterocycles. The minimum atomic E-state index is 0.0539. The first kappa shape index (κ1) is 11.2. The normalized spacial score (nSPS) is 9.94. The van der Waals surface area contributed by atoms with Gasteiger partial charge in [-0.15, -0.1) is 0 Å². The lowest BCUT2D eigenvalue weighted by molar-refractivity contribution is 0.407. The number of ether oxygens (including phenoxy) is 1. The van der Waals surface area contributed by atoms with Crippen molar-refractivity contribution in [1.29, 1.82) is 5.41 Å². The molecule has 0 aliphatic rings. The van der Waals surface area contributed by atoms with Crippen molar-refractivity contribution in [3.63, 3.8) is 0 Å². The standard InChI is InChI=1S/C14H13NO2/c1-17-11-7-8-12(13(16)9-11)14(15)10-5-3-2-4-6-10/h2-9,15-16H,1H3. The highest BCUT2D eigenvalue weighted by Crippen LogP contribution is 2.25. The van der Waals surface area contributed by atoms with Crippen molar-refractivity contribution in [2.75, 3.05) is 7.11 Å². The number of nitrogens with one attached hydrogen (secondary N) is 1. The Labute approximate surface area is 99.8 Å². The Kier molecular flexibility index (Phi) is 3.10. The Morgan fingerprint density at radius 2 is 1.82 bits per heavy atom. The predicted molar refractivity (Wildman–Crippen MR) is 67.0 cm³/mol. The molecule has 0 saturated carbocycles.